The van der Waals surface area contributed by atoms with E-state index in [1.165, 1.54) is 6.21 Å². The lowest BCUT2D eigenvalue weighted by Crippen LogP contribution is -2.38. The Morgan fingerprint density at radius 1 is 1.23 bits per heavy atom. The minimum Gasteiger partial charge on any atom is -0.455 e. The predicted molar refractivity (Wildman–Crippen MR) is 94.4 cm³/mol. The van der Waals surface area contributed by atoms with Crippen LogP contribution in [0.15, 0.2) is 45.9 Å². The second kappa shape index (κ2) is 7.51. The molecule has 8 nitrogen and oxygen atoms in total. The maximum atomic E-state index is 12.1. The van der Waals surface area contributed by atoms with Crippen LogP contribution < -0.4 is 5.73 Å². The van der Waals surface area contributed by atoms with E-state index >= 15 is 0 Å². The first kappa shape index (κ1) is 17.8. The number of imide groups is 3. The molecule has 1 aliphatic heterocycles. The lowest BCUT2D eigenvalue weighted by molar-refractivity contribution is -0.138. The van der Waals surface area contributed by atoms with Crippen molar-refractivity contribution in [1.82, 2.24) is 9.91 Å². The zero-order valence-corrected chi connectivity index (χ0v) is 14.3. The number of amides is 4. The van der Waals surface area contributed by atoms with E-state index in [1.54, 1.807) is 24.3 Å². The molecule has 1 aromatic carbocycles. The van der Waals surface area contributed by atoms with Crippen molar-refractivity contribution in [1.29, 1.82) is 0 Å². The summed E-state index contributed by atoms with van der Waals surface area (Å²) in [6, 6.07) is 9.74. The van der Waals surface area contributed by atoms with Gasteiger partial charge in [-0.25, -0.2) is 9.80 Å². The topological polar surface area (TPSA) is 109 Å². The summed E-state index contributed by atoms with van der Waals surface area (Å²) in [6.07, 6.45) is 1.22. The first-order chi connectivity index (χ1) is 12.5. The SMILES string of the molecule is NCCC(=O)N1C(=O)CN(N=Cc2ccc(-c3ccc(Cl)cc3)o2)C1=O. The Hall–Kier alpha value is -2.97. The van der Waals surface area contributed by atoms with Gasteiger partial charge in [0.1, 0.15) is 18.1 Å². The average Bonchev–Trinajstić information content (AvgIpc) is 3.18. The molecule has 0 atom stereocenters. The second-order valence-electron chi connectivity index (χ2n) is 5.46. The van der Waals surface area contributed by atoms with Crippen LogP contribution in [0.25, 0.3) is 11.3 Å². The zero-order chi connectivity index (χ0) is 18.7. The highest BCUT2D eigenvalue weighted by molar-refractivity contribution is 6.30. The molecule has 0 bridgehead atoms. The van der Waals surface area contributed by atoms with Gasteiger partial charge in [-0.3, -0.25) is 9.59 Å². The number of benzene rings is 1. The van der Waals surface area contributed by atoms with Gasteiger partial charge in [-0.05, 0) is 36.4 Å². The number of hydrogen-bond donors (Lipinski definition) is 1. The van der Waals surface area contributed by atoms with Crippen LogP contribution in [-0.2, 0) is 9.59 Å². The van der Waals surface area contributed by atoms with E-state index in [0.717, 1.165) is 10.6 Å². The van der Waals surface area contributed by atoms with Crippen LogP contribution in [0.1, 0.15) is 12.2 Å². The Kier molecular flexibility index (Phi) is 5.15. The van der Waals surface area contributed by atoms with Gasteiger partial charge < -0.3 is 10.2 Å². The van der Waals surface area contributed by atoms with Crippen molar-refractivity contribution >= 4 is 35.7 Å². The first-order valence-corrected chi connectivity index (χ1v) is 8.14. The lowest BCUT2D eigenvalue weighted by atomic mass is 10.2. The summed E-state index contributed by atoms with van der Waals surface area (Å²) in [5.41, 5.74) is 6.12. The summed E-state index contributed by atoms with van der Waals surface area (Å²) in [7, 11) is 0. The molecule has 26 heavy (non-hydrogen) atoms. The normalized spacial score (nSPS) is 14.7. The molecular formula is C17H15ClN4O4. The maximum absolute atomic E-state index is 12.1. The van der Waals surface area contributed by atoms with Crippen molar-refractivity contribution < 1.29 is 18.8 Å². The molecule has 1 aliphatic rings. The van der Waals surface area contributed by atoms with E-state index in [2.05, 4.69) is 5.10 Å². The molecule has 2 heterocycles. The molecule has 9 heteroatoms. The van der Waals surface area contributed by atoms with Crippen molar-refractivity contribution in [2.45, 2.75) is 6.42 Å². The van der Waals surface area contributed by atoms with Gasteiger partial charge in [-0.1, -0.05) is 11.6 Å². The van der Waals surface area contributed by atoms with Crippen LogP contribution in [0.2, 0.25) is 5.02 Å². The van der Waals surface area contributed by atoms with Gasteiger partial charge in [-0.2, -0.15) is 10.0 Å². The van der Waals surface area contributed by atoms with Gasteiger partial charge in [0.05, 0.1) is 6.21 Å². The van der Waals surface area contributed by atoms with E-state index in [-0.39, 0.29) is 19.5 Å². The summed E-state index contributed by atoms with van der Waals surface area (Å²) < 4.78 is 5.63. The van der Waals surface area contributed by atoms with Gasteiger partial charge in [0.15, 0.2) is 0 Å². The van der Waals surface area contributed by atoms with Crippen LogP contribution in [0, 0.1) is 0 Å². The molecule has 4 amide bonds. The number of hydrazone groups is 1. The Balaban J connectivity index is 1.71. The van der Waals surface area contributed by atoms with Crippen molar-refractivity contribution in [3.8, 4) is 11.3 Å². The molecule has 134 valence electrons. The monoisotopic (exact) mass is 374 g/mol. The number of urea groups is 1. The Morgan fingerprint density at radius 2 is 1.96 bits per heavy atom. The first-order valence-electron chi connectivity index (χ1n) is 7.76. The third kappa shape index (κ3) is 3.66. The highest BCUT2D eigenvalue weighted by atomic mass is 35.5. The van der Waals surface area contributed by atoms with Crippen molar-refractivity contribution in [2.24, 2.45) is 10.8 Å². The smallest absolute Gasteiger partial charge is 0.354 e. The predicted octanol–water partition coefficient (Wildman–Crippen LogP) is 2.07. The van der Waals surface area contributed by atoms with Crippen LogP contribution >= 0.6 is 11.6 Å². The number of furan rings is 1. The summed E-state index contributed by atoms with van der Waals surface area (Å²) in [5.74, 6) is -0.274. The quantitative estimate of drug-likeness (QED) is 0.636. The summed E-state index contributed by atoms with van der Waals surface area (Å²) >= 11 is 5.85. The highest BCUT2D eigenvalue weighted by Gasteiger charge is 2.40. The number of hydrogen-bond acceptors (Lipinski definition) is 6. The molecule has 1 fully saturated rings. The third-order valence-corrected chi connectivity index (χ3v) is 3.89. The molecule has 0 radical (unpaired) electrons. The molecule has 3 rings (SSSR count). The van der Waals surface area contributed by atoms with Crippen molar-refractivity contribution in [2.75, 3.05) is 13.1 Å². The maximum Gasteiger partial charge on any atom is 0.354 e. The number of nitrogens with two attached hydrogens (primary N) is 1. The lowest BCUT2D eigenvalue weighted by Gasteiger charge is -2.11. The molecule has 0 spiro atoms. The summed E-state index contributed by atoms with van der Waals surface area (Å²) in [4.78, 5) is 36.3. The molecule has 0 unspecified atom stereocenters. The Bertz CT molecular complexity index is 875. The van der Waals surface area contributed by atoms with Gasteiger partial charge in [-0.15, -0.1) is 0 Å². The largest absolute Gasteiger partial charge is 0.455 e. The number of rotatable bonds is 5. The van der Waals surface area contributed by atoms with Crippen LogP contribution in [-0.4, -0.2) is 47.1 Å². The van der Waals surface area contributed by atoms with E-state index < -0.39 is 17.8 Å². The minimum atomic E-state index is -0.797. The van der Waals surface area contributed by atoms with Crippen LogP contribution in [0.4, 0.5) is 4.79 Å². The Labute approximate surface area is 153 Å². The van der Waals surface area contributed by atoms with Gasteiger partial charge in [0, 0.05) is 23.6 Å². The third-order valence-electron chi connectivity index (χ3n) is 3.63. The van der Waals surface area contributed by atoms with E-state index in [1.807, 2.05) is 12.1 Å². The molecular weight excluding hydrogens is 360 g/mol. The van der Waals surface area contributed by atoms with Crippen molar-refractivity contribution in [3.05, 3.63) is 47.2 Å². The molecule has 2 N–H and O–H groups in total. The average molecular weight is 375 g/mol. The number of nitrogens with zero attached hydrogens (tertiary/aromatic N) is 3. The van der Waals surface area contributed by atoms with Crippen LogP contribution in [0.5, 0.6) is 0 Å². The summed E-state index contributed by atoms with van der Waals surface area (Å²) in [6.45, 7) is -0.255. The van der Waals surface area contributed by atoms with Gasteiger partial charge >= 0.3 is 6.03 Å². The van der Waals surface area contributed by atoms with E-state index in [9.17, 15) is 14.4 Å². The van der Waals surface area contributed by atoms with Gasteiger partial charge in [0.25, 0.3) is 5.91 Å². The fourth-order valence-electron chi connectivity index (χ4n) is 2.38. The molecule has 0 aliphatic carbocycles. The molecule has 1 aromatic heterocycles. The molecule has 2 aromatic rings. The summed E-state index contributed by atoms with van der Waals surface area (Å²) in [5, 5.41) is 5.46. The standard InChI is InChI=1S/C17H15ClN4O4/c18-12-3-1-11(2-4-12)14-6-5-13(26-14)9-20-21-10-16(24)22(17(21)25)15(23)7-8-19/h1-6,9H,7-8,10,19H2. The number of carbonyl (C=O) groups excluding carboxylic acids is 3. The number of carbonyl (C=O) groups is 3. The molecule has 1 saturated heterocycles. The highest BCUT2D eigenvalue weighted by Crippen LogP contribution is 2.23. The van der Waals surface area contributed by atoms with Gasteiger partial charge in [0.2, 0.25) is 5.91 Å². The van der Waals surface area contributed by atoms with E-state index in [0.29, 0.717) is 21.4 Å². The minimum absolute atomic E-state index is 0.0546. The second-order valence-corrected chi connectivity index (χ2v) is 5.89. The molecule has 0 saturated carbocycles. The number of halogens is 1. The fraction of sp³-hybridized carbons (Fsp3) is 0.176. The zero-order valence-electron chi connectivity index (χ0n) is 13.6. The van der Waals surface area contributed by atoms with Crippen molar-refractivity contribution in [3.63, 3.8) is 0 Å². The fourth-order valence-corrected chi connectivity index (χ4v) is 2.50. The van der Waals surface area contributed by atoms with Crippen LogP contribution in [0.3, 0.4) is 0 Å². The Morgan fingerprint density at radius 3 is 2.65 bits per heavy atom. The van der Waals surface area contributed by atoms with E-state index in [4.69, 9.17) is 21.8 Å².